The number of nitrogens with zero attached hydrogens (tertiary/aromatic N) is 1. The molecule has 0 heterocycles. The molecule has 2 rings (SSSR count). The molecule has 0 unspecified atom stereocenters. The molecule has 0 bridgehead atoms. The number of hydrogen-bond donors (Lipinski definition) is 2. The Morgan fingerprint density at radius 1 is 1.33 bits per heavy atom. The largest absolute Gasteiger partial charge is 0.388 e. The number of anilines is 1. The van der Waals surface area contributed by atoms with Crippen LogP contribution in [0.15, 0.2) is 18.2 Å². The molecule has 0 spiro atoms. The van der Waals surface area contributed by atoms with Crippen molar-refractivity contribution in [1.29, 1.82) is 5.26 Å². The molecule has 1 fully saturated rings. The summed E-state index contributed by atoms with van der Waals surface area (Å²) in [6.07, 6.45) is 4.87. The number of halogens is 1. The number of hydrogen-bond acceptors (Lipinski definition) is 3. The molecule has 0 amide bonds. The monoisotopic (exact) mass is 248 g/mol. The average Bonchev–Trinajstić information content (AvgIpc) is 2.39. The lowest BCUT2D eigenvalue weighted by atomic mass is 9.85. The number of rotatable bonds is 3. The van der Waals surface area contributed by atoms with Crippen molar-refractivity contribution >= 4 is 5.69 Å². The lowest BCUT2D eigenvalue weighted by molar-refractivity contribution is 0.0167. The molecule has 1 saturated carbocycles. The zero-order valence-corrected chi connectivity index (χ0v) is 10.2. The van der Waals surface area contributed by atoms with Crippen LogP contribution in [-0.4, -0.2) is 17.3 Å². The normalized spacial score (nSPS) is 18.1. The van der Waals surface area contributed by atoms with Gasteiger partial charge in [-0.3, -0.25) is 0 Å². The molecular weight excluding hydrogens is 231 g/mol. The molecule has 0 aromatic heterocycles. The van der Waals surface area contributed by atoms with Crippen molar-refractivity contribution in [3.8, 4) is 6.07 Å². The second-order valence-electron chi connectivity index (χ2n) is 4.94. The van der Waals surface area contributed by atoms with Gasteiger partial charge in [-0.05, 0) is 31.0 Å². The van der Waals surface area contributed by atoms with Gasteiger partial charge in [-0.2, -0.15) is 5.26 Å². The zero-order valence-electron chi connectivity index (χ0n) is 10.2. The van der Waals surface area contributed by atoms with Crippen LogP contribution < -0.4 is 5.32 Å². The second kappa shape index (κ2) is 5.36. The van der Waals surface area contributed by atoms with Crippen LogP contribution in [0.1, 0.15) is 37.7 Å². The summed E-state index contributed by atoms with van der Waals surface area (Å²) in [7, 11) is 0. The number of benzene rings is 1. The Hall–Kier alpha value is -1.60. The smallest absolute Gasteiger partial charge is 0.141 e. The highest BCUT2D eigenvalue weighted by molar-refractivity contribution is 5.50. The fraction of sp³-hybridized carbons (Fsp3) is 0.500. The van der Waals surface area contributed by atoms with Crippen molar-refractivity contribution in [3.05, 3.63) is 29.6 Å². The predicted octanol–water partition coefficient (Wildman–Crippen LogP) is 2.80. The van der Waals surface area contributed by atoms with E-state index < -0.39 is 11.4 Å². The van der Waals surface area contributed by atoms with E-state index in [9.17, 15) is 9.50 Å². The van der Waals surface area contributed by atoms with Gasteiger partial charge in [0.15, 0.2) is 0 Å². The van der Waals surface area contributed by atoms with Crippen LogP contribution in [-0.2, 0) is 0 Å². The zero-order chi connectivity index (χ0) is 13.0. The topological polar surface area (TPSA) is 56.0 Å². The lowest BCUT2D eigenvalue weighted by Gasteiger charge is -2.32. The van der Waals surface area contributed by atoms with E-state index in [1.807, 2.05) is 0 Å². The van der Waals surface area contributed by atoms with E-state index in [2.05, 4.69) is 5.32 Å². The van der Waals surface area contributed by atoms with E-state index in [0.29, 0.717) is 12.2 Å². The van der Waals surface area contributed by atoms with Gasteiger partial charge in [0.05, 0.1) is 11.2 Å². The molecule has 0 aliphatic heterocycles. The number of nitriles is 1. The molecular formula is C14H17FN2O. The van der Waals surface area contributed by atoms with E-state index in [1.54, 1.807) is 12.1 Å². The summed E-state index contributed by atoms with van der Waals surface area (Å²) in [5, 5.41) is 22.1. The first-order valence-electron chi connectivity index (χ1n) is 6.29. The first-order chi connectivity index (χ1) is 8.63. The van der Waals surface area contributed by atoms with Crippen LogP contribution >= 0.6 is 0 Å². The molecule has 0 radical (unpaired) electrons. The molecule has 1 aliphatic rings. The third-order valence-electron chi connectivity index (χ3n) is 3.49. The van der Waals surface area contributed by atoms with Gasteiger partial charge < -0.3 is 10.4 Å². The Balaban J connectivity index is 2.00. The molecule has 0 atom stereocenters. The predicted molar refractivity (Wildman–Crippen MR) is 67.6 cm³/mol. The van der Waals surface area contributed by atoms with E-state index >= 15 is 0 Å². The quantitative estimate of drug-likeness (QED) is 0.864. The van der Waals surface area contributed by atoms with E-state index in [4.69, 9.17) is 5.26 Å². The number of nitrogens with one attached hydrogen (secondary N) is 1. The summed E-state index contributed by atoms with van der Waals surface area (Å²) in [5.41, 5.74) is 0.0296. The third kappa shape index (κ3) is 2.99. The Morgan fingerprint density at radius 3 is 2.72 bits per heavy atom. The van der Waals surface area contributed by atoms with Crippen molar-refractivity contribution in [1.82, 2.24) is 0 Å². The van der Waals surface area contributed by atoms with Crippen LogP contribution in [0.25, 0.3) is 0 Å². The van der Waals surface area contributed by atoms with Gasteiger partial charge in [0.2, 0.25) is 0 Å². The standard InChI is InChI=1S/C14H17FN2O/c15-13-5-4-12(8-11(13)9-16)17-10-14(18)6-2-1-3-7-14/h4-5,8,17-18H,1-3,6-7,10H2. The van der Waals surface area contributed by atoms with Crippen LogP contribution in [0.5, 0.6) is 0 Å². The Kier molecular flexibility index (Phi) is 3.83. The molecule has 1 aromatic carbocycles. The minimum atomic E-state index is -0.667. The van der Waals surface area contributed by atoms with E-state index in [-0.39, 0.29) is 5.56 Å². The molecule has 1 aromatic rings. The third-order valence-corrected chi connectivity index (χ3v) is 3.49. The van der Waals surface area contributed by atoms with Gasteiger partial charge in [-0.15, -0.1) is 0 Å². The summed E-state index contributed by atoms with van der Waals surface area (Å²) in [6, 6.07) is 6.13. The maximum Gasteiger partial charge on any atom is 0.141 e. The van der Waals surface area contributed by atoms with Crippen LogP contribution in [0, 0.1) is 17.1 Å². The minimum absolute atomic E-state index is 0.0237. The summed E-state index contributed by atoms with van der Waals surface area (Å²) >= 11 is 0. The first-order valence-corrected chi connectivity index (χ1v) is 6.29. The van der Waals surface area contributed by atoms with Gasteiger partial charge >= 0.3 is 0 Å². The van der Waals surface area contributed by atoms with Crippen molar-refractivity contribution in [3.63, 3.8) is 0 Å². The summed E-state index contributed by atoms with van der Waals surface area (Å²) in [6.45, 7) is 0.448. The highest BCUT2D eigenvalue weighted by Crippen LogP contribution is 2.28. The van der Waals surface area contributed by atoms with Crippen molar-refractivity contribution in [2.45, 2.75) is 37.7 Å². The van der Waals surface area contributed by atoms with E-state index in [1.165, 1.54) is 18.6 Å². The molecule has 96 valence electrons. The van der Waals surface area contributed by atoms with Crippen LogP contribution in [0.3, 0.4) is 0 Å². The second-order valence-corrected chi connectivity index (χ2v) is 4.94. The first kappa shape index (κ1) is 12.8. The Bertz CT molecular complexity index is 461. The van der Waals surface area contributed by atoms with Gasteiger partial charge in [0.1, 0.15) is 11.9 Å². The van der Waals surface area contributed by atoms with Gasteiger partial charge in [0.25, 0.3) is 0 Å². The summed E-state index contributed by atoms with van der Waals surface area (Å²) in [5.74, 6) is -0.514. The average molecular weight is 248 g/mol. The fourth-order valence-corrected chi connectivity index (χ4v) is 2.37. The summed E-state index contributed by atoms with van der Waals surface area (Å²) in [4.78, 5) is 0. The SMILES string of the molecule is N#Cc1cc(NCC2(O)CCCCC2)ccc1F. The molecule has 4 heteroatoms. The van der Waals surface area contributed by atoms with Crippen LogP contribution in [0.2, 0.25) is 0 Å². The Morgan fingerprint density at radius 2 is 2.06 bits per heavy atom. The van der Waals surface area contributed by atoms with Crippen LogP contribution in [0.4, 0.5) is 10.1 Å². The maximum absolute atomic E-state index is 13.1. The number of aliphatic hydroxyl groups is 1. The molecule has 3 nitrogen and oxygen atoms in total. The van der Waals surface area contributed by atoms with E-state index in [0.717, 1.165) is 25.7 Å². The molecule has 18 heavy (non-hydrogen) atoms. The Labute approximate surface area is 106 Å². The highest BCUT2D eigenvalue weighted by atomic mass is 19.1. The molecule has 0 saturated heterocycles. The van der Waals surface area contributed by atoms with Crippen molar-refractivity contribution in [2.24, 2.45) is 0 Å². The highest BCUT2D eigenvalue weighted by Gasteiger charge is 2.28. The van der Waals surface area contributed by atoms with Crippen molar-refractivity contribution < 1.29 is 9.50 Å². The molecule has 1 aliphatic carbocycles. The van der Waals surface area contributed by atoms with Gasteiger partial charge in [0, 0.05) is 12.2 Å². The van der Waals surface area contributed by atoms with Gasteiger partial charge in [-0.25, -0.2) is 4.39 Å². The lowest BCUT2D eigenvalue weighted by Crippen LogP contribution is -2.38. The maximum atomic E-state index is 13.1. The minimum Gasteiger partial charge on any atom is -0.388 e. The molecule has 2 N–H and O–H groups in total. The van der Waals surface area contributed by atoms with Crippen molar-refractivity contribution in [2.75, 3.05) is 11.9 Å². The fourth-order valence-electron chi connectivity index (χ4n) is 2.37. The summed E-state index contributed by atoms with van der Waals surface area (Å²) < 4.78 is 13.1. The van der Waals surface area contributed by atoms with Gasteiger partial charge in [-0.1, -0.05) is 19.3 Å².